The Bertz CT molecular complexity index is 658. The molecule has 1 aromatic rings. The number of nitro groups is 1. The van der Waals surface area contributed by atoms with Gasteiger partial charge in [0.2, 0.25) is 15.9 Å². The minimum absolute atomic E-state index is 0.0880. The number of likely N-dealkylation sites (N-methyl/N-ethyl adjacent to an activating group) is 1. The minimum atomic E-state index is -3.88. The molecule has 0 saturated carbocycles. The van der Waals surface area contributed by atoms with Gasteiger partial charge in [-0.25, -0.2) is 13.1 Å². The number of amides is 1. The fourth-order valence-electron chi connectivity index (χ4n) is 1.99. The summed E-state index contributed by atoms with van der Waals surface area (Å²) >= 11 is 0. The number of nitrogens with one attached hydrogen (secondary N) is 1. The van der Waals surface area contributed by atoms with Gasteiger partial charge in [0.05, 0.1) is 9.82 Å². The van der Waals surface area contributed by atoms with E-state index in [1.807, 2.05) is 0 Å². The van der Waals surface area contributed by atoms with E-state index in [-0.39, 0.29) is 29.5 Å². The van der Waals surface area contributed by atoms with E-state index in [1.54, 1.807) is 7.05 Å². The lowest BCUT2D eigenvalue weighted by atomic mass is 10.3. The Morgan fingerprint density at radius 2 is 2.15 bits per heavy atom. The van der Waals surface area contributed by atoms with Crippen molar-refractivity contribution in [1.82, 2.24) is 9.62 Å². The highest BCUT2D eigenvalue weighted by atomic mass is 32.2. The van der Waals surface area contributed by atoms with Gasteiger partial charge in [0.15, 0.2) is 0 Å². The minimum Gasteiger partial charge on any atom is -0.344 e. The van der Waals surface area contributed by atoms with E-state index in [9.17, 15) is 23.3 Å². The maximum atomic E-state index is 12.1. The van der Waals surface area contributed by atoms with Gasteiger partial charge in [-0.2, -0.15) is 0 Å². The standard InChI is InChI=1S/C11H13N3O5S/c1-13-7-8(5-11(13)15)12-20(18,19)10-4-2-3-9(6-10)14(16)17/h2-4,6,8,12H,5,7H2,1H3. The highest BCUT2D eigenvalue weighted by Crippen LogP contribution is 2.19. The number of hydrogen-bond acceptors (Lipinski definition) is 5. The lowest BCUT2D eigenvalue weighted by molar-refractivity contribution is -0.385. The van der Waals surface area contributed by atoms with Crippen molar-refractivity contribution in [2.45, 2.75) is 17.4 Å². The zero-order valence-corrected chi connectivity index (χ0v) is 11.5. The van der Waals surface area contributed by atoms with Crippen LogP contribution in [0.5, 0.6) is 0 Å². The first-order valence-electron chi connectivity index (χ1n) is 5.80. The third kappa shape index (κ3) is 2.94. The number of carbonyl (C=O) groups excluding carboxylic acids is 1. The third-order valence-electron chi connectivity index (χ3n) is 3.00. The first-order valence-corrected chi connectivity index (χ1v) is 7.28. The van der Waals surface area contributed by atoms with Gasteiger partial charge in [0, 0.05) is 38.2 Å². The Hall–Kier alpha value is -2.00. The van der Waals surface area contributed by atoms with Crippen LogP contribution < -0.4 is 4.72 Å². The molecule has 8 nitrogen and oxygen atoms in total. The molecule has 1 N–H and O–H groups in total. The molecule has 0 bridgehead atoms. The molecule has 1 saturated heterocycles. The van der Waals surface area contributed by atoms with Gasteiger partial charge in [0.25, 0.3) is 5.69 Å². The van der Waals surface area contributed by atoms with Crippen molar-refractivity contribution in [2.75, 3.05) is 13.6 Å². The first kappa shape index (κ1) is 14.4. The van der Waals surface area contributed by atoms with E-state index < -0.39 is 21.0 Å². The molecule has 108 valence electrons. The topological polar surface area (TPSA) is 110 Å². The fraction of sp³-hybridized carbons (Fsp3) is 0.364. The predicted octanol–water partition coefficient (Wildman–Crippen LogP) is 0.104. The lowest BCUT2D eigenvalue weighted by Crippen LogP contribution is -2.36. The van der Waals surface area contributed by atoms with Crippen LogP contribution in [0.25, 0.3) is 0 Å². The van der Waals surface area contributed by atoms with E-state index in [1.165, 1.54) is 23.1 Å². The Labute approximate surface area is 115 Å². The predicted molar refractivity (Wildman–Crippen MR) is 69.5 cm³/mol. The number of likely N-dealkylation sites (tertiary alicyclic amines) is 1. The zero-order valence-electron chi connectivity index (χ0n) is 10.6. The smallest absolute Gasteiger partial charge is 0.270 e. The number of benzene rings is 1. The number of nitro benzene ring substituents is 1. The number of non-ortho nitro benzene ring substituents is 1. The second-order valence-electron chi connectivity index (χ2n) is 4.55. The van der Waals surface area contributed by atoms with Crippen LogP contribution >= 0.6 is 0 Å². The van der Waals surface area contributed by atoms with Crippen LogP contribution in [0.2, 0.25) is 0 Å². The summed E-state index contributed by atoms with van der Waals surface area (Å²) in [6.45, 7) is 0.285. The van der Waals surface area contributed by atoms with E-state index in [2.05, 4.69) is 4.72 Å². The summed E-state index contributed by atoms with van der Waals surface area (Å²) in [4.78, 5) is 22.6. The first-order chi connectivity index (χ1) is 9.29. The molecule has 1 heterocycles. The van der Waals surface area contributed by atoms with Crippen LogP contribution in [0.1, 0.15) is 6.42 Å². The molecule has 0 aromatic heterocycles. The van der Waals surface area contributed by atoms with Crippen molar-refractivity contribution in [3.05, 3.63) is 34.4 Å². The van der Waals surface area contributed by atoms with Gasteiger partial charge in [-0.05, 0) is 6.07 Å². The summed E-state index contributed by atoms with van der Waals surface area (Å²) in [7, 11) is -2.29. The van der Waals surface area contributed by atoms with Gasteiger partial charge >= 0.3 is 0 Å². The molecular formula is C11H13N3O5S. The maximum Gasteiger partial charge on any atom is 0.270 e. The maximum absolute atomic E-state index is 12.1. The van der Waals surface area contributed by atoms with E-state index in [0.717, 1.165) is 6.07 Å². The van der Waals surface area contributed by atoms with Crippen molar-refractivity contribution in [3.63, 3.8) is 0 Å². The molecular weight excluding hydrogens is 286 g/mol. The Balaban J connectivity index is 2.21. The molecule has 1 atom stereocenters. The summed E-state index contributed by atoms with van der Waals surface area (Å²) in [5, 5.41) is 10.6. The number of hydrogen-bond donors (Lipinski definition) is 1. The van der Waals surface area contributed by atoms with Crippen molar-refractivity contribution in [1.29, 1.82) is 0 Å². The largest absolute Gasteiger partial charge is 0.344 e. The molecule has 0 spiro atoms. The normalized spacial score (nSPS) is 19.4. The summed E-state index contributed by atoms with van der Waals surface area (Å²) in [5.41, 5.74) is -0.299. The van der Waals surface area contributed by atoms with Crippen LogP contribution in [0.15, 0.2) is 29.2 Å². The molecule has 0 aliphatic carbocycles. The molecule has 9 heteroatoms. The van der Waals surface area contributed by atoms with Gasteiger partial charge in [-0.15, -0.1) is 0 Å². The number of rotatable bonds is 4. The number of nitrogens with zero attached hydrogens (tertiary/aromatic N) is 2. The molecule has 1 aliphatic rings. The fourth-order valence-corrected chi connectivity index (χ4v) is 3.26. The molecule has 1 aromatic carbocycles. The van der Waals surface area contributed by atoms with Gasteiger partial charge in [-0.3, -0.25) is 14.9 Å². The second-order valence-corrected chi connectivity index (χ2v) is 6.27. The highest BCUT2D eigenvalue weighted by molar-refractivity contribution is 7.89. The average molecular weight is 299 g/mol. The van der Waals surface area contributed by atoms with Crippen molar-refractivity contribution in [3.8, 4) is 0 Å². The van der Waals surface area contributed by atoms with Crippen molar-refractivity contribution < 1.29 is 18.1 Å². The van der Waals surface area contributed by atoms with Crippen LogP contribution in [0.4, 0.5) is 5.69 Å². The average Bonchev–Trinajstić information content (AvgIpc) is 2.67. The van der Waals surface area contributed by atoms with Gasteiger partial charge in [0.1, 0.15) is 0 Å². The molecule has 1 amide bonds. The lowest BCUT2D eigenvalue weighted by Gasteiger charge is -2.12. The van der Waals surface area contributed by atoms with Gasteiger partial charge in [-0.1, -0.05) is 6.07 Å². The molecule has 0 radical (unpaired) electrons. The monoisotopic (exact) mass is 299 g/mol. The molecule has 1 unspecified atom stereocenters. The summed E-state index contributed by atoms with van der Waals surface area (Å²) in [6.07, 6.45) is 0.0880. The van der Waals surface area contributed by atoms with Crippen LogP contribution in [-0.4, -0.2) is 43.8 Å². The quantitative estimate of drug-likeness (QED) is 0.626. The van der Waals surface area contributed by atoms with Crippen LogP contribution in [0.3, 0.4) is 0 Å². The van der Waals surface area contributed by atoms with E-state index >= 15 is 0 Å². The summed E-state index contributed by atoms with van der Waals surface area (Å²) < 4.78 is 26.6. The molecule has 2 rings (SSSR count). The summed E-state index contributed by atoms with van der Waals surface area (Å²) in [5.74, 6) is -0.142. The molecule has 20 heavy (non-hydrogen) atoms. The second kappa shape index (κ2) is 5.17. The van der Waals surface area contributed by atoms with Crippen LogP contribution in [0, 0.1) is 10.1 Å². The number of carbonyl (C=O) groups is 1. The zero-order chi connectivity index (χ0) is 14.9. The number of sulfonamides is 1. The Morgan fingerprint density at radius 1 is 1.45 bits per heavy atom. The Kier molecular flexibility index (Phi) is 3.73. The highest BCUT2D eigenvalue weighted by Gasteiger charge is 2.30. The van der Waals surface area contributed by atoms with Gasteiger partial charge < -0.3 is 4.90 Å². The SMILES string of the molecule is CN1CC(NS(=O)(=O)c2cccc([N+](=O)[O-])c2)CC1=O. The van der Waals surface area contributed by atoms with E-state index in [4.69, 9.17) is 0 Å². The Morgan fingerprint density at radius 3 is 2.70 bits per heavy atom. The molecule has 1 fully saturated rings. The summed E-state index contributed by atoms with van der Waals surface area (Å²) in [6, 6.07) is 4.26. The van der Waals surface area contributed by atoms with Crippen molar-refractivity contribution in [2.24, 2.45) is 0 Å². The van der Waals surface area contributed by atoms with Crippen LogP contribution in [-0.2, 0) is 14.8 Å². The molecule has 1 aliphatic heterocycles. The van der Waals surface area contributed by atoms with Crippen molar-refractivity contribution >= 4 is 21.6 Å². The third-order valence-corrected chi connectivity index (χ3v) is 4.52. The van der Waals surface area contributed by atoms with E-state index in [0.29, 0.717) is 0 Å².